The third kappa shape index (κ3) is 5.21. The smallest absolute Gasteiger partial charge is 0.135 e. The van der Waals surface area contributed by atoms with Crippen LogP contribution in [0.2, 0.25) is 0 Å². The molecular weight excluding hydrogens is 631 g/mol. The van der Waals surface area contributed by atoms with Crippen molar-refractivity contribution in [2.45, 2.75) is 0 Å². The number of benzene rings is 9. The lowest BCUT2D eigenvalue weighted by atomic mass is 9.87. The highest BCUT2D eigenvalue weighted by atomic mass is 16.5. The van der Waals surface area contributed by atoms with Gasteiger partial charge in [0.1, 0.15) is 11.5 Å². The van der Waals surface area contributed by atoms with Gasteiger partial charge in [-0.05, 0) is 104 Å². The van der Waals surface area contributed by atoms with Crippen LogP contribution in [-0.2, 0) is 0 Å². The first kappa shape index (κ1) is 30.0. The van der Waals surface area contributed by atoms with E-state index in [-0.39, 0.29) is 0 Å². The van der Waals surface area contributed by atoms with Crippen LogP contribution < -0.4 is 9.64 Å². The minimum Gasteiger partial charge on any atom is -0.456 e. The van der Waals surface area contributed by atoms with E-state index in [0.29, 0.717) is 0 Å². The van der Waals surface area contributed by atoms with E-state index in [1.807, 2.05) is 0 Å². The molecule has 52 heavy (non-hydrogen) atoms. The first-order valence-electron chi connectivity index (χ1n) is 17.8. The van der Waals surface area contributed by atoms with E-state index in [1.54, 1.807) is 0 Å². The average Bonchev–Trinajstić information content (AvgIpc) is 3.35. The Hall–Kier alpha value is -6.90. The summed E-state index contributed by atoms with van der Waals surface area (Å²) in [5, 5.41) is 4.76. The van der Waals surface area contributed by atoms with Crippen LogP contribution in [0.4, 0.5) is 17.1 Å². The molecule has 0 fully saturated rings. The molecule has 0 N–H and O–H groups in total. The van der Waals surface area contributed by atoms with Crippen LogP contribution in [0.5, 0.6) is 11.5 Å². The predicted octanol–water partition coefficient (Wildman–Crippen LogP) is 14.2. The first-order valence-corrected chi connectivity index (χ1v) is 17.8. The summed E-state index contributed by atoms with van der Waals surface area (Å²) < 4.78 is 6.93. The van der Waals surface area contributed by atoms with Gasteiger partial charge in [0, 0.05) is 33.8 Å². The van der Waals surface area contributed by atoms with Gasteiger partial charge in [0.15, 0.2) is 0 Å². The monoisotopic (exact) mass is 663 g/mol. The zero-order valence-corrected chi connectivity index (χ0v) is 28.4. The van der Waals surface area contributed by atoms with Crippen molar-refractivity contribution in [3.05, 3.63) is 200 Å². The molecule has 9 aromatic rings. The molecule has 0 saturated carbocycles. The second kappa shape index (κ2) is 12.5. The summed E-state index contributed by atoms with van der Waals surface area (Å²) in [7, 11) is 0. The second-order valence-electron chi connectivity index (χ2n) is 13.4. The molecule has 0 radical (unpaired) electrons. The Labute approximate surface area is 303 Å². The summed E-state index contributed by atoms with van der Waals surface area (Å²) in [6.45, 7) is 0. The van der Waals surface area contributed by atoms with Gasteiger partial charge in [-0.15, -0.1) is 0 Å². The lowest BCUT2D eigenvalue weighted by Crippen LogP contribution is -2.10. The summed E-state index contributed by atoms with van der Waals surface area (Å²) in [4.78, 5) is 2.36. The standard InChI is InChI=1S/C50H33NO/c1-3-12-34(13-4-1)36-22-25-41(26-23-36)51(42-27-24-35-14-7-8-17-38(35)30-42)43-28-29-48-46(33-43)45-21-11-20-44(37-15-5-2-6-16-37)50(45)47-31-39-18-9-10-19-40(39)32-49(47)52-48/h1-33H. The van der Waals surface area contributed by atoms with E-state index in [0.717, 1.165) is 50.6 Å². The van der Waals surface area contributed by atoms with Crippen molar-refractivity contribution in [1.82, 2.24) is 0 Å². The molecule has 0 amide bonds. The van der Waals surface area contributed by atoms with Crippen LogP contribution in [0.15, 0.2) is 200 Å². The summed E-state index contributed by atoms with van der Waals surface area (Å²) in [5.41, 5.74) is 12.4. The average molecular weight is 664 g/mol. The molecule has 1 heterocycles. The van der Waals surface area contributed by atoms with Gasteiger partial charge in [-0.1, -0.05) is 146 Å². The van der Waals surface area contributed by atoms with E-state index in [9.17, 15) is 0 Å². The number of fused-ring (bicyclic) bond motifs is 7. The minimum atomic E-state index is 0.835. The van der Waals surface area contributed by atoms with Crippen molar-refractivity contribution < 1.29 is 4.74 Å². The molecule has 1 aliphatic heterocycles. The number of rotatable bonds is 5. The second-order valence-corrected chi connectivity index (χ2v) is 13.4. The maximum absolute atomic E-state index is 6.93. The van der Waals surface area contributed by atoms with Gasteiger partial charge in [-0.3, -0.25) is 0 Å². The normalized spacial score (nSPS) is 11.6. The maximum atomic E-state index is 6.93. The summed E-state index contributed by atoms with van der Waals surface area (Å²) in [6.07, 6.45) is 0. The lowest BCUT2D eigenvalue weighted by Gasteiger charge is -2.27. The van der Waals surface area contributed by atoms with Crippen molar-refractivity contribution in [1.29, 1.82) is 0 Å². The van der Waals surface area contributed by atoms with Crippen molar-refractivity contribution in [2.24, 2.45) is 0 Å². The Morgan fingerprint density at radius 2 is 0.846 bits per heavy atom. The van der Waals surface area contributed by atoms with Gasteiger partial charge in [-0.25, -0.2) is 0 Å². The molecule has 2 heteroatoms. The Morgan fingerprint density at radius 3 is 1.60 bits per heavy atom. The quantitative estimate of drug-likeness (QED) is 0.182. The molecule has 1 aliphatic rings. The molecule has 0 spiro atoms. The number of hydrogen-bond acceptors (Lipinski definition) is 2. The van der Waals surface area contributed by atoms with E-state index in [1.165, 1.54) is 44.0 Å². The zero-order chi connectivity index (χ0) is 34.4. The van der Waals surface area contributed by atoms with Crippen LogP contribution in [-0.4, -0.2) is 0 Å². The SMILES string of the molecule is c1ccc(-c2ccc(N(c3ccc4c(c3)-c3cccc(-c5ccccc5)c3-c3cc5ccccc5cc3O4)c3ccc4ccccc4c3)cc2)cc1. The highest BCUT2D eigenvalue weighted by Crippen LogP contribution is 2.52. The Morgan fingerprint density at radius 1 is 0.288 bits per heavy atom. The fourth-order valence-corrected chi connectivity index (χ4v) is 7.70. The molecular formula is C50H33NO. The van der Waals surface area contributed by atoms with E-state index < -0.39 is 0 Å². The number of nitrogens with zero attached hydrogens (tertiary/aromatic N) is 1. The zero-order valence-electron chi connectivity index (χ0n) is 28.4. The number of ether oxygens (including phenoxy) is 1. The van der Waals surface area contributed by atoms with Crippen molar-refractivity contribution in [3.8, 4) is 56.0 Å². The summed E-state index contributed by atoms with van der Waals surface area (Å²) in [5.74, 6) is 1.69. The summed E-state index contributed by atoms with van der Waals surface area (Å²) >= 11 is 0. The first-order chi connectivity index (χ1) is 25.8. The van der Waals surface area contributed by atoms with Crippen LogP contribution in [0.3, 0.4) is 0 Å². The van der Waals surface area contributed by atoms with Crippen LogP contribution in [0.25, 0.3) is 66.1 Å². The molecule has 9 aromatic carbocycles. The Balaban J connectivity index is 1.19. The number of anilines is 3. The van der Waals surface area contributed by atoms with Crippen LogP contribution in [0, 0.1) is 0 Å². The highest BCUT2D eigenvalue weighted by Gasteiger charge is 2.26. The van der Waals surface area contributed by atoms with Crippen molar-refractivity contribution >= 4 is 38.6 Å². The predicted molar refractivity (Wildman–Crippen MR) is 218 cm³/mol. The molecule has 0 bridgehead atoms. The fraction of sp³-hybridized carbons (Fsp3) is 0. The fourth-order valence-electron chi connectivity index (χ4n) is 7.70. The molecule has 10 rings (SSSR count). The molecule has 0 aliphatic carbocycles. The van der Waals surface area contributed by atoms with Gasteiger partial charge in [-0.2, -0.15) is 0 Å². The molecule has 244 valence electrons. The molecule has 0 unspecified atom stereocenters. The molecule has 0 atom stereocenters. The van der Waals surface area contributed by atoms with Crippen LogP contribution in [0.1, 0.15) is 0 Å². The number of hydrogen-bond donors (Lipinski definition) is 0. The highest BCUT2D eigenvalue weighted by molar-refractivity contribution is 6.03. The summed E-state index contributed by atoms with van der Waals surface area (Å²) in [6, 6.07) is 71.7. The largest absolute Gasteiger partial charge is 0.456 e. The minimum absolute atomic E-state index is 0.835. The Bertz CT molecular complexity index is 2750. The lowest BCUT2D eigenvalue weighted by molar-refractivity contribution is 0.488. The molecule has 0 aromatic heterocycles. The van der Waals surface area contributed by atoms with E-state index in [2.05, 4.69) is 205 Å². The van der Waals surface area contributed by atoms with Gasteiger partial charge < -0.3 is 9.64 Å². The van der Waals surface area contributed by atoms with Gasteiger partial charge in [0.05, 0.1) is 0 Å². The topological polar surface area (TPSA) is 12.5 Å². The maximum Gasteiger partial charge on any atom is 0.135 e. The van der Waals surface area contributed by atoms with E-state index >= 15 is 0 Å². The van der Waals surface area contributed by atoms with Gasteiger partial charge >= 0.3 is 0 Å². The third-order valence-corrected chi connectivity index (χ3v) is 10.2. The third-order valence-electron chi connectivity index (χ3n) is 10.2. The van der Waals surface area contributed by atoms with Gasteiger partial charge in [0.2, 0.25) is 0 Å². The van der Waals surface area contributed by atoms with Crippen molar-refractivity contribution in [3.63, 3.8) is 0 Å². The Kier molecular flexibility index (Phi) is 7.18. The van der Waals surface area contributed by atoms with E-state index in [4.69, 9.17) is 4.74 Å². The van der Waals surface area contributed by atoms with Crippen molar-refractivity contribution in [2.75, 3.05) is 4.90 Å². The molecule has 0 saturated heterocycles. The van der Waals surface area contributed by atoms with Crippen LogP contribution >= 0.6 is 0 Å². The molecule has 2 nitrogen and oxygen atoms in total. The van der Waals surface area contributed by atoms with Gasteiger partial charge in [0.25, 0.3) is 0 Å².